The fourth-order valence-electron chi connectivity index (χ4n) is 8.29. The second-order valence-corrected chi connectivity index (χ2v) is 12.4. The summed E-state index contributed by atoms with van der Waals surface area (Å²) >= 11 is 0. The number of nitrogens with zero attached hydrogens (tertiary/aromatic N) is 5. The molecule has 194 valence electrons. The highest BCUT2D eigenvalue weighted by Gasteiger charge is 2.53. The SMILES string of the molecule is CCCCN1C2=CC(=N[C@H](C)C34CC5CC(CC(C5)C3)C4)N(C)N(CCCC)C2=Nc2ccccc21. The maximum atomic E-state index is 5.57. The topological polar surface area (TPSA) is 34.4 Å². The molecule has 4 saturated carbocycles. The Morgan fingerprint density at radius 1 is 0.972 bits per heavy atom. The van der Waals surface area contributed by atoms with E-state index in [0.29, 0.717) is 11.5 Å². The average molecular weight is 488 g/mol. The van der Waals surface area contributed by atoms with Crippen molar-refractivity contribution in [1.82, 2.24) is 10.0 Å². The molecule has 0 unspecified atom stereocenters. The molecule has 1 aromatic rings. The molecule has 0 spiro atoms. The van der Waals surface area contributed by atoms with Gasteiger partial charge in [0.15, 0.2) is 5.84 Å². The van der Waals surface area contributed by atoms with Gasteiger partial charge in [0.25, 0.3) is 0 Å². The number of hydrogen-bond acceptors (Lipinski definition) is 4. The Morgan fingerprint density at radius 2 is 1.61 bits per heavy atom. The molecular formula is C31H45N5. The van der Waals surface area contributed by atoms with Gasteiger partial charge in [-0.1, -0.05) is 38.8 Å². The number of unbranched alkanes of at least 4 members (excludes halogenated alkanes) is 2. The molecule has 36 heavy (non-hydrogen) atoms. The Balaban J connectivity index is 1.39. The van der Waals surface area contributed by atoms with Crippen LogP contribution in [0.5, 0.6) is 0 Å². The molecule has 2 heterocycles. The van der Waals surface area contributed by atoms with Gasteiger partial charge in [-0.05, 0) is 93.6 Å². The lowest BCUT2D eigenvalue weighted by molar-refractivity contribution is -0.0635. The van der Waals surface area contributed by atoms with Crippen molar-refractivity contribution in [3.8, 4) is 0 Å². The first-order chi connectivity index (χ1) is 17.5. The second kappa shape index (κ2) is 9.54. The molecule has 1 aromatic carbocycles. The van der Waals surface area contributed by atoms with Crippen molar-refractivity contribution in [2.75, 3.05) is 25.0 Å². The number of amidine groups is 2. The number of rotatable bonds is 8. The molecule has 4 bridgehead atoms. The molecule has 4 aliphatic carbocycles. The lowest BCUT2D eigenvalue weighted by Crippen LogP contribution is -2.55. The molecule has 0 amide bonds. The third kappa shape index (κ3) is 4.07. The summed E-state index contributed by atoms with van der Waals surface area (Å²) in [6.45, 7) is 8.97. The zero-order chi connectivity index (χ0) is 24.9. The van der Waals surface area contributed by atoms with Crippen LogP contribution in [-0.4, -0.2) is 47.9 Å². The molecule has 5 heteroatoms. The van der Waals surface area contributed by atoms with E-state index < -0.39 is 0 Å². The standard InChI is InChI=1S/C31H45N5/c1-5-7-13-35-27-12-10-9-11-26(27)33-30-28(35)18-29(34(4)36(30)14-8-6-2)32-22(3)31-19-23-15-24(20-31)17-25(16-23)21-31/h9-12,18,22-25H,5-8,13-17,19-21H2,1-4H3/t22-,23?,24?,25?,31?/m1/s1. The van der Waals surface area contributed by atoms with E-state index in [-0.39, 0.29) is 0 Å². The summed E-state index contributed by atoms with van der Waals surface area (Å²) in [5, 5.41) is 4.71. The Morgan fingerprint density at radius 3 is 2.28 bits per heavy atom. The molecule has 2 aliphatic heterocycles. The van der Waals surface area contributed by atoms with Crippen molar-refractivity contribution in [2.24, 2.45) is 33.2 Å². The minimum Gasteiger partial charge on any atom is -0.337 e. The first-order valence-corrected chi connectivity index (χ1v) is 14.8. The Kier molecular flexibility index (Phi) is 6.37. The van der Waals surface area contributed by atoms with Crippen molar-refractivity contribution in [3.05, 3.63) is 36.0 Å². The van der Waals surface area contributed by atoms with Crippen molar-refractivity contribution >= 4 is 23.0 Å². The molecule has 1 atom stereocenters. The lowest BCUT2D eigenvalue weighted by atomic mass is 9.48. The van der Waals surface area contributed by atoms with Crippen LogP contribution in [0.25, 0.3) is 0 Å². The van der Waals surface area contributed by atoms with Gasteiger partial charge in [0, 0.05) is 26.2 Å². The highest BCUT2D eigenvalue weighted by Crippen LogP contribution is 2.61. The molecular weight excluding hydrogens is 442 g/mol. The van der Waals surface area contributed by atoms with Crippen molar-refractivity contribution in [1.29, 1.82) is 0 Å². The molecule has 4 fully saturated rings. The maximum absolute atomic E-state index is 5.57. The molecule has 0 aromatic heterocycles. The van der Waals surface area contributed by atoms with Crippen molar-refractivity contribution < 1.29 is 0 Å². The van der Waals surface area contributed by atoms with Crippen molar-refractivity contribution in [3.63, 3.8) is 0 Å². The van der Waals surface area contributed by atoms with Gasteiger partial charge >= 0.3 is 0 Å². The van der Waals surface area contributed by atoms with Crippen LogP contribution < -0.4 is 4.90 Å². The van der Waals surface area contributed by atoms with Crippen LogP contribution in [-0.2, 0) is 0 Å². The van der Waals surface area contributed by atoms with Gasteiger partial charge in [-0.25, -0.2) is 4.99 Å². The van der Waals surface area contributed by atoms with Gasteiger partial charge in [-0.3, -0.25) is 15.0 Å². The molecule has 7 rings (SSSR count). The minimum atomic E-state index is 0.367. The van der Waals surface area contributed by atoms with E-state index in [0.717, 1.165) is 54.6 Å². The summed E-state index contributed by atoms with van der Waals surface area (Å²) in [5.41, 5.74) is 3.96. The summed E-state index contributed by atoms with van der Waals surface area (Å²) in [4.78, 5) is 13.3. The van der Waals surface area contributed by atoms with Crippen LogP contribution in [0.2, 0.25) is 0 Å². The Labute approximate surface area is 218 Å². The van der Waals surface area contributed by atoms with Gasteiger partial charge in [0.05, 0.1) is 23.1 Å². The molecule has 0 saturated heterocycles. The van der Waals surface area contributed by atoms with Gasteiger partial charge in [-0.15, -0.1) is 0 Å². The third-order valence-electron chi connectivity index (χ3n) is 9.88. The normalized spacial score (nSPS) is 32.4. The molecule has 5 nitrogen and oxygen atoms in total. The van der Waals surface area contributed by atoms with E-state index >= 15 is 0 Å². The maximum Gasteiger partial charge on any atom is 0.172 e. The monoisotopic (exact) mass is 487 g/mol. The average Bonchev–Trinajstić information content (AvgIpc) is 2.86. The highest BCUT2D eigenvalue weighted by atomic mass is 15.7. The molecule has 0 N–H and O–H groups in total. The largest absolute Gasteiger partial charge is 0.337 e. The van der Waals surface area contributed by atoms with E-state index in [1.54, 1.807) is 0 Å². The number of hydrogen-bond donors (Lipinski definition) is 0. The van der Waals surface area contributed by atoms with Crippen LogP contribution in [0.3, 0.4) is 0 Å². The second-order valence-electron chi connectivity index (χ2n) is 12.4. The summed E-state index contributed by atoms with van der Waals surface area (Å²) in [7, 11) is 2.20. The highest BCUT2D eigenvalue weighted by molar-refractivity contribution is 6.14. The van der Waals surface area contributed by atoms with E-state index in [9.17, 15) is 0 Å². The van der Waals surface area contributed by atoms with E-state index in [1.807, 2.05) is 0 Å². The Bertz CT molecular complexity index is 1030. The van der Waals surface area contributed by atoms with Crippen LogP contribution in [0.15, 0.2) is 46.0 Å². The lowest BCUT2D eigenvalue weighted by Gasteiger charge is -2.58. The summed E-state index contributed by atoms with van der Waals surface area (Å²) in [6.07, 6.45) is 15.7. The smallest absolute Gasteiger partial charge is 0.172 e. The first-order valence-electron chi connectivity index (χ1n) is 14.8. The van der Waals surface area contributed by atoms with E-state index in [4.69, 9.17) is 9.98 Å². The number of benzene rings is 1. The van der Waals surface area contributed by atoms with Gasteiger partial charge in [-0.2, -0.15) is 0 Å². The Hall–Kier alpha value is -2.30. The van der Waals surface area contributed by atoms with Crippen LogP contribution in [0, 0.1) is 23.2 Å². The van der Waals surface area contributed by atoms with Crippen LogP contribution >= 0.6 is 0 Å². The number of likely N-dealkylation sites (N-methyl/N-ethyl adjacent to an activating group) is 1. The van der Waals surface area contributed by atoms with Gasteiger partial charge < -0.3 is 4.90 Å². The van der Waals surface area contributed by atoms with E-state index in [1.165, 1.54) is 69.2 Å². The van der Waals surface area contributed by atoms with E-state index in [2.05, 4.69) is 73.1 Å². The number of hydrazine groups is 1. The number of anilines is 1. The zero-order valence-electron chi connectivity index (χ0n) is 22.9. The van der Waals surface area contributed by atoms with Gasteiger partial charge in [0.2, 0.25) is 0 Å². The summed E-state index contributed by atoms with van der Waals surface area (Å²) in [5.74, 6) is 5.08. The van der Waals surface area contributed by atoms with Crippen molar-refractivity contribution in [2.45, 2.75) is 91.0 Å². The quantitative estimate of drug-likeness (QED) is 0.389. The van der Waals surface area contributed by atoms with Crippen LogP contribution in [0.4, 0.5) is 11.4 Å². The fourth-order valence-corrected chi connectivity index (χ4v) is 8.29. The number of fused-ring (bicyclic) bond motifs is 2. The fraction of sp³-hybridized carbons (Fsp3) is 0.677. The summed E-state index contributed by atoms with van der Waals surface area (Å²) in [6, 6.07) is 9.02. The van der Waals surface area contributed by atoms with Crippen LogP contribution in [0.1, 0.15) is 85.0 Å². The number of aliphatic imine (C=N–C) groups is 2. The predicted molar refractivity (Wildman–Crippen MR) is 151 cm³/mol. The zero-order valence-corrected chi connectivity index (χ0v) is 22.9. The summed E-state index contributed by atoms with van der Waals surface area (Å²) < 4.78 is 0. The molecule has 0 radical (unpaired) electrons. The first kappa shape index (κ1) is 24.1. The molecule has 6 aliphatic rings. The number of para-hydroxylation sites is 2. The van der Waals surface area contributed by atoms with Gasteiger partial charge in [0.1, 0.15) is 5.84 Å². The third-order valence-corrected chi connectivity index (χ3v) is 9.88. The predicted octanol–water partition coefficient (Wildman–Crippen LogP) is 7.19. The minimum absolute atomic E-state index is 0.367.